The van der Waals surface area contributed by atoms with Gasteiger partial charge in [-0.2, -0.15) is 0 Å². The molecule has 0 bridgehead atoms. The minimum atomic E-state index is -1.19. The lowest BCUT2D eigenvalue weighted by Gasteiger charge is -2.40. The van der Waals surface area contributed by atoms with Crippen molar-refractivity contribution in [2.75, 3.05) is 20.3 Å². The Kier molecular flexibility index (Phi) is 3.45. The highest BCUT2D eigenvalue weighted by atomic mass is 16.6. The van der Waals surface area contributed by atoms with Gasteiger partial charge in [0.05, 0.1) is 23.4 Å². The van der Waals surface area contributed by atoms with Crippen LogP contribution in [-0.4, -0.2) is 71.4 Å². The lowest BCUT2D eigenvalue weighted by Crippen LogP contribution is -2.56. The number of allylic oxidation sites excluding steroid dienone is 2. The van der Waals surface area contributed by atoms with Gasteiger partial charge in [-0.05, 0) is 6.92 Å². The first-order valence-corrected chi connectivity index (χ1v) is 8.52. The van der Waals surface area contributed by atoms with E-state index >= 15 is 0 Å². The van der Waals surface area contributed by atoms with Crippen molar-refractivity contribution in [1.29, 1.82) is 0 Å². The highest BCUT2D eigenvalue weighted by molar-refractivity contribution is 6.25. The monoisotopic (exact) mass is 376 g/mol. The van der Waals surface area contributed by atoms with Gasteiger partial charge in [-0.25, -0.2) is 4.79 Å². The van der Waals surface area contributed by atoms with Crippen LogP contribution in [0, 0.1) is 5.92 Å². The van der Waals surface area contributed by atoms with E-state index in [0.29, 0.717) is 6.54 Å². The quantitative estimate of drug-likeness (QED) is 0.452. The number of nitrogens with zero attached hydrogens (tertiary/aromatic N) is 2. The molecule has 4 N–H and O–H groups in total. The molecule has 0 radical (unpaired) electrons. The summed E-state index contributed by atoms with van der Waals surface area (Å²) in [6.45, 7) is 3.03. The molecule has 10 nitrogen and oxygen atoms in total. The smallest absolute Gasteiger partial charge is 0.404 e. The Morgan fingerprint density at radius 3 is 2.52 bits per heavy atom. The number of rotatable bonds is 3. The summed E-state index contributed by atoms with van der Waals surface area (Å²) < 4.78 is 10.8. The molecule has 0 aromatic carbocycles. The predicted octanol–water partition coefficient (Wildman–Crippen LogP) is -1.39. The SMILES string of the molecule is COC12C(COC(N)=O)C3=C(C(=O)C(C)=C(N)C3=O)N1CC1C2N1C(C)=O. The van der Waals surface area contributed by atoms with Crippen LogP contribution in [0.2, 0.25) is 0 Å². The molecule has 2 amide bonds. The van der Waals surface area contributed by atoms with Crippen molar-refractivity contribution in [3.63, 3.8) is 0 Å². The number of carbonyl (C=O) groups excluding carboxylic acids is 4. The Morgan fingerprint density at radius 1 is 1.30 bits per heavy atom. The van der Waals surface area contributed by atoms with E-state index in [2.05, 4.69) is 0 Å². The molecule has 10 heteroatoms. The van der Waals surface area contributed by atoms with E-state index in [1.165, 1.54) is 21.0 Å². The molecule has 4 aliphatic rings. The van der Waals surface area contributed by atoms with E-state index in [4.69, 9.17) is 20.9 Å². The number of Topliss-reactive ketones (excluding diaryl/α,β-unsaturated/α-hetero) is 2. The standard InChI is InChI=1S/C17H20N4O6/c1-6-11(18)14(24)10-8(5-27-16(19)25)17(26-3)15-9(21(15)7(2)22)4-20(17)12(10)13(6)23/h8-9,15H,4-5,18H2,1-3H3,(H2,19,25). The summed E-state index contributed by atoms with van der Waals surface area (Å²) in [5.41, 5.74) is 10.2. The number of primary amides is 1. The molecule has 0 spiro atoms. The molecule has 3 heterocycles. The highest BCUT2D eigenvalue weighted by Gasteiger charge is 2.77. The second kappa shape index (κ2) is 5.32. The van der Waals surface area contributed by atoms with Crippen molar-refractivity contribution in [2.24, 2.45) is 17.4 Å². The zero-order valence-corrected chi connectivity index (χ0v) is 15.1. The normalized spacial score (nSPS) is 34.0. The van der Waals surface area contributed by atoms with Crippen molar-refractivity contribution in [3.05, 3.63) is 22.5 Å². The van der Waals surface area contributed by atoms with Gasteiger partial charge in [0, 0.05) is 31.7 Å². The van der Waals surface area contributed by atoms with Crippen molar-refractivity contribution in [1.82, 2.24) is 9.80 Å². The number of ether oxygens (including phenoxy) is 2. The fraction of sp³-hybridized carbons (Fsp3) is 0.529. The highest BCUT2D eigenvalue weighted by Crippen LogP contribution is 2.59. The molecule has 3 aliphatic heterocycles. The van der Waals surface area contributed by atoms with Crippen LogP contribution < -0.4 is 11.5 Å². The van der Waals surface area contributed by atoms with Gasteiger partial charge < -0.3 is 30.7 Å². The Hall–Kier alpha value is -2.88. The minimum Gasteiger partial charge on any atom is -0.449 e. The van der Waals surface area contributed by atoms with Crippen molar-refractivity contribution in [3.8, 4) is 0 Å². The number of amides is 2. The summed E-state index contributed by atoms with van der Waals surface area (Å²) in [6, 6.07) is -0.506. The van der Waals surface area contributed by atoms with E-state index in [9.17, 15) is 19.2 Å². The number of ketones is 2. The van der Waals surface area contributed by atoms with Crippen LogP contribution in [0.5, 0.6) is 0 Å². The zero-order valence-electron chi connectivity index (χ0n) is 15.1. The molecule has 1 aliphatic carbocycles. The molecule has 4 atom stereocenters. The van der Waals surface area contributed by atoms with E-state index in [1.54, 1.807) is 9.80 Å². The van der Waals surface area contributed by atoms with Crippen molar-refractivity contribution in [2.45, 2.75) is 31.7 Å². The van der Waals surface area contributed by atoms with Crippen LogP contribution in [0.25, 0.3) is 0 Å². The number of carbonyl (C=O) groups is 4. The lowest BCUT2D eigenvalue weighted by atomic mass is 9.82. The number of hydrogen-bond acceptors (Lipinski definition) is 8. The predicted molar refractivity (Wildman–Crippen MR) is 89.5 cm³/mol. The number of methoxy groups -OCH3 is 1. The number of nitrogens with two attached hydrogens (primary N) is 2. The maximum atomic E-state index is 12.9. The summed E-state index contributed by atoms with van der Waals surface area (Å²) in [5, 5.41) is 0. The number of fused-ring (bicyclic) bond motifs is 4. The maximum absolute atomic E-state index is 12.9. The summed E-state index contributed by atoms with van der Waals surface area (Å²) in [4.78, 5) is 52.4. The molecule has 0 saturated carbocycles. The van der Waals surface area contributed by atoms with Crippen LogP contribution in [-0.2, 0) is 23.9 Å². The van der Waals surface area contributed by atoms with Gasteiger partial charge in [-0.1, -0.05) is 0 Å². The van der Waals surface area contributed by atoms with E-state index < -0.39 is 23.5 Å². The molecular weight excluding hydrogens is 356 g/mol. The molecule has 0 aromatic heterocycles. The van der Waals surface area contributed by atoms with Gasteiger partial charge in [0.25, 0.3) is 0 Å². The molecule has 4 rings (SSSR count). The van der Waals surface area contributed by atoms with Crippen LogP contribution in [0.4, 0.5) is 4.79 Å². The maximum Gasteiger partial charge on any atom is 0.404 e. The Balaban J connectivity index is 1.85. The Labute approximate surface area is 154 Å². The number of hydrogen-bond donors (Lipinski definition) is 2. The van der Waals surface area contributed by atoms with E-state index in [0.717, 1.165) is 0 Å². The molecule has 2 saturated heterocycles. The molecule has 2 fully saturated rings. The van der Waals surface area contributed by atoms with Gasteiger partial charge in [-0.3, -0.25) is 14.4 Å². The molecule has 144 valence electrons. The lowest BCUT2D eigenvalue weighted by molar-refractivity contribution is -0.152. The second-order valence-electron chi connectivity index (χ2n) is 7.15. The third kappa shape index (κ3) is 1.93. The third-order valence-electron chi connectivity index (χ3n) is 6.05. The molecular formula is C17H20N4O6. The van der Waals surface area contributed by atoms with Crippen molar-refractivity contribution < 1.29 is 28.7 Å². The average molecular weight is 376 g/mol. The summed E-state index contributed by atoms with van der Waals surface area (Å²) in [7, 11) is 1.44. The van der Waals surface area contributed by atoms with E-state index in [1.807, 2.05) is 0 Å². The average Bonchev–Trinajstić information content (AvgIpc) is 3.13. The fourth-order valence-electron chi connectivity index (χ4n) is 4.91. The topological polar surface area (TPSA) is 145 Å². The zero-order chi connectivity index (χ0) is 19.8. The first kappa shape index (κ1) is 17.5. The summed E-state index contributed by atoms with van der Waals surface area (Å²) in [5.74, 6) is -1.78. The third-order valence-corrected chi connectivity index (χ3v) is 6.05. The summed E-state index contributed by atoms with van der Waals surface area (Å²) in [6.07, 6.45) is -1.01. The van der Waals surface area contributed by atoms with Gasteiger partial charge in [0.2, 0.25) is 17.5 Å². The van der Waals surface area contributed by atoms with Gasteiger partial charge in [-0.15, -0.1) is 0 Å². The van der Waals surface area contributed by atoms with Crippen LogP contribution in [0.3, 0.4) is 0 Å². The van der Waals surface area contributed by atoms with Gasteiger partial charge in [0.15, 0.2) is 5.72 Å². The van der Waals surface area contributed by atoms with Crippen LogP contribution in [0.15, 0.2) is 22.5 Å². The Morgan fingerprint density at radius 2 is 1.96 bits per heavy atom. The first-order chi connectivity index (χ1) is 12.7. The largest absolute Gasteiger partial charge is 0.449 e. The van der Waals surface area contributed by atoms with E-state index in [-0.39, 0.29) is 52.9 Å². The second-order valence-corrected chi connectivity index (χ2v) is 7.15. The van der Waals surface area contributed by atoms with Gasteiger partial charge >= 0.3 is 6.09 Å². The molecule has 4 unspecified atom stereocenters. The van der Waals surface area contributed by atoms with Gasteiger partial charge in [0.1, 0.15) is 12.6 Å². The van der Waals surface area contributed by atoms with Crippen LogP contribution in [0.1, 0.15) is 13.8 Å². The molecule has 27 heavy (non-hydrogen) atoms. The van der Waals surface area contributed by atoms with Crippen molar-refractivity contribution >= 4 is 23.6 Å². The summed E-state index contributed by atoms with van der Waals surface area (Å²) >= 11 is 0. The number of piperazine rings is 1. The van der Waals surface area contributed by atoms with Crippen LogP contribution >= 0.6 is 0 Å². The Bertz CT molecular complexity index is 877. The molecule has 0 aromatic rings. The fourth-order valence-corrected chi connectivity index (χ4v) is 4.91. The first-order valence-electron chi connectivity index (χ1n) is 8.52. The minimum absolute atomic E-state index is 0.132.